The van der Waals surface area contributed by atoms with Crippen molar-refractivity contribution in [2.24, 2.45) is 10.9 Å². The molecular formula is C13H9F3N2OS. The molecule has 0 bridgehead atoms. The van der Waals surface area contributed by atoms with E-state index in [-0.39, 0.29) is 16.3 Å². The van der Waals surface area contributed by atoms with Gasteiger partial charge in [0.2, 0.25) is 0 Å². The van der Waals surface area contributed by atoms with Gasteiger partial charge in [0.15, 0.2) is 5.84 Å². The first-order valence-corrected chi connectivity index (χ1v) is 6.23. The third-order valence-electron chi connectivity index (χ3n) is 2.44. The van der Waals surface area contributed by atoms with Crippen LogP contribution in [0.1, 0.15) is 5.56 Å². The van der Waals surface area contributed by atoms with E-state index in [4.69, 9.17) is 10.9 Å². The number of hydrogen-bond acceptors (Lipinski definition) is 3. The van der Waals surface area contributed by atoms with E-state index in [1.54, 1.807) is 0 Å². The molecule has 0 radical (unpaired) electrons. The zero-order chi connectivity index (χ0) is 14.7. The number of benzene rings is 2. The maximum atomic E-state index is 13.6. The van der Waals surface area contributed by atoms with Crippen molar-refractivity contribution in [3.63, 3.8) is 0 Å². The van der Waals surface area contributed by atoms with Crippen molar-refractivity contribution in [3.05, 3.63) is 59.4 Å². The van der Waals surface area contributed by atoms with E-state index in [0.29, 0.717) is 4.90 Å². The molecule has 0 saturated heterocycles. The van der Waals surface area contributed by atoms with Crippen molar-refractivity contribution in [1.29, 1.82) is 0 Å². The van der Waals surface area contributed by atoms with Gasteiger partial charge in [0.25, 0.3) is 0 Å². The number of nitrogens with two attached hydrogens (primary N) is 1. The maximum Gasteiger partial charge on any atom is 0.171 e. The van der Waals surface area contributed by atoms with Crippen LogP contribution in [0.2, 0.25) is 0 Å². The minimum atomic E-state index is -0.619. The van der Waals surface area contributed by atoms with E-state index >= 15 is 0 Å². The number of oxime groups is 1. The van der Waals surface area contributed by atoms with Crippen LogP contribution >= 0.6 is 11.8 Å². The van der Waals surface area contributed by atoms with Gasteiger partial charge in [-0.05, 0) is 36.4 Å². The van der Waals surface area contributed by atoms with Gasteiger partial charge in [-0.3, -0.25) is 0 Å². The van der Waals surface area contributed by atoms with Crippen molar-refractivity contribution >= 4 is 17.6 Å². The predicted octanol–water partition coefficient (Wildman–Crippen LogP) is 3.35. The van der Waals surface area contributed by atoms with Gasteiger partial charge in [0.1, 0.15) is 17.5 Å². The van der Waals surface area contributed by atoms with Crippen LogP contribution in [0.4, 0.5) is 13.2 Å². The molecule has 0 saturated carbocycles. The third-order valence-corrected chi connectivity index (χ3v) is 3.55. The second-order valence-corrected chi connectivity index (χ2v) is 4.89. The van der Waals surface area contributed by atoms with Crippen LogP contribution in [-0.4, -0.2) is 11.0 Å². The van der Waals surface area contributed by atoms with Crippen LogP contribution in [0.15, 0.2) is 51.3 Å². The van der Waals surface area contributed by atoms with Gasteiger partial charge in [0.05, 0.1) is 4.90 Å². The van der Waals surface area contributed by atoms with Gasteiger partial charge in [-0.1, -0.05) is 16.9 Å². The number of hydrogen-bond donors (Lipinski definition) is 2. The average Bonchev–Trinajstić information content (AvgIpc) is 2.43. The molecule has 0 unspecified atom stereocenters. The van der Waals surface area contributed by atoms with E-state index in [1.807, 2.05) is 0 Å². The second kappa shape index (κ2) is 5.87. The minimum Gasteiger partial charge on any atom is -0.409 e. The molecule has 3 nitrogen and oxygen atoms in total. The number of nitrogens with zero attached hydrogens (tertiary/aromatic N) is 1. The lowest BCUT2D eigenvalue weighted by Gasteiger charge is -2.09. The molecule has 7 heteroatoms. The van der Waals surface area contributed by atoms with E-state index < -0.39 is 17.5 Å². The summed E-state index contributed by atoms with van der Waals surface area (Å²) < 4.78 is 39.9. The smallest absolute Gasteiger partial charge is 0.171 e. The fraction of sp³-hybridized carbons (Fsp3) is 0. The van der Waals surface area contributed by atoms with Gasteiger partial charge >= 0.3 is 0 Å². The van der Waals surface area contributed by atoms with Gasteiger partial charge < -0.3 is 10.9 Å². The van der Waals surface area contributed by atoms with Crippen molar-refractivity contribution in [1.82, 2.24) is 0 Å². The average molecular weight is 298 g/mol. The highest BCUT2D eigenvalue weighted by Crippen LogP contribution is 2.33. The molecule has 0 aliphatic rings. The zero-order valence-corrected chi connectivity index (χ0v) is 10.8. The molecule has 104 valence electrons. The van der Waals surface area contributed by atoms with Crippen LogP contribution in [0, 0.1) is 17.5 Å². The fourth-order valence-electron chi connectivity index (χ4n) is 1.52. The molecule has 0 spiro atoms. The van der Waals surface area contributed by atoms with E-state index in [0.717, 1.165) is 42.1 Å². The van der Waals surface area contributed by atoms with E-state index in [2.05, 4.69) is 5.16 Å². The first-order valence-electron chi connectivity index (χ1n) is 5.41. The fourth-order valence-corrected chi connectivity index (χ4v) is 2.50. The summed E-state index contributed by atoms with van der Waals surface area (Å²) in [6.07, 6.45) is 0. The van der Waals surface area contributed by atoms with Gasteiger partial charge in [-0.2, -0.15) is 0 Å². The van der Waals surface area contributed by atoms with Crippen molar-refractivity contribution in [2.75, 3.05) is 0 Å². The number of rotatable bonds is 3. The van der Waals surface area contributed by atoms with Crippen LogP contribution in [0.5, 0.6) is 0 Å². The molecule has 0 fully saturated rings. The summed E-state index contributed by atoms with van der Waals surface area (Å²) in [5.74, 6) is -2.12. The Morgan fingerprint density at radius 2 is 1.65 bits per heavy atom. The Balaban J connectivity index is 2.46. The van der Waals surface area contributed by atoms with Crippen molar-refractivity contribution < 1.29 is 18.4 Å². The number of amidine groups is 1. The van der Waals surface area contributed by atoms with E-state index in [1.165, 1.54) is 6.07 Å². The van der Waals surface area contributed by atoms with Crippen molar-refractivity contribution in [2.45, 2.75) is 9.79 Å². The van der Waals surface area contributed by atoms with Gasteiger partial charge in [-0.15, -0.1) is 0 Å². The van der Waals surface area contributed by atoms with Crippen molar-refractivity contribution in [3.8, 4) is 0 Å². The summed E-state index contributed by atoms with van der Waals surface area (Å²) in [5, 5.41) is 11.5. The molecule has 3 N–H and O–H groups in total. The van der Waals surface area contributed by atoms with Gasteiger partial charge in [-0.25, -0.2) is 13.2 Å². The predicted molar refractivity (Wildman–Crippen MR) is 69.4 cm³/mol. The van der Waals surface area contributed by atoms with Crippen LogP contribution in [0.3, 0.4) is 0 Å². The molecule has 2 aromatic rings. The molecular weight excluding hydrogens is 289 g/mol. The second-order valence-electron chi connectivity index (χ2n) is 3.80. The Morgan fingerprint density at radius 1 is 1.00 bits per heavy atom. The Hall–Kier alpha value is -2.15. The Bertz CT molecular complexity index is 677. The highest BCUT2D eigenvalue weighted by atomic mass is 32.2. The lowest BCUT2D eigenvalue weighted by Crippen LogP contribution is -2.14. The summed E-state index contributed by atoms with van der Waals surface area (Å²) in [5.41, 5.74) is 5.54. The molecule has 0 heterocycles. The summed E-state index contributed by atoms with van der Waals surface area (Å²) in [4.78, 5) is 0.356. The standard InChI is InChI=1S/C13H9F3N2OS/c14-7-2-4-11(9(5-7)13(17)18-19)20-12-6-8(15)1-3-10(12)16/h1-6,19H,(H2,17,18). The lowest BCUT2D eigenvalue weighted by molar-refractivity contribution is 0.318. The molecule has 0 atom stereocenters. The van der Waals surface area contributed by atoms with E-state index in [9.17, 15) is 13.2 Å². The summed E-state index contributed by atoms with van der Waals surface area (Å²) in [7, 11) is 0. The third kappa shape index (κ3) is 3.05. The molecule has 0 aliphatic carbocycles. The first kappa shape index (κ1) is 14.3. The van der Waals surface area contributed by atoms with Crippen LogP contribution in [-0.2, 0) is 0 Å². The topological polar surface area (TPSA) is 58.6 Å². The number of halogens is 3. The Kier molecular flexibility index (Phi) is 4.19. The lowest BCUT2D eigenvalue weighted by atomic mass is 10.2. The first-order chi connectivity index (χ1) is 9.51. The molecule has 0 aliphatic heterocycles. The highest BCUT2D eigenvalue weighted by molar-refractivity contribution is 7.99. The highest BCUT2D eigenvalue weighted by Gasteiger charge is 2.13. The SMILES string of the molecule is NC(=NO)c1cc(F)ccc1Sc1cc(F)ccc1F. The minimum absolute atomic E-state index is 0.0172. The zero-order valence-electron chi connectivity index (χ0n) is 9.98. The summed E-state index contributed by atoms with van der Waals surface area (Å²) >= 11 is 0.854. The largest absolute Gasteiger partial charge is 0.409 e. The molecule has 0 amide bonds. The Morgan fingerprint density at radius 3 is 2.35 bits per heavy atom. The van der Waals surface area contributed by atoms with Crippen LogP contribution < -0.4 is 5.73 Å². The summed E-state index contributed by atoms with van der Waals surface area (Å²) in [6.45, 7) is 0. The molecule has 2 aromatic carbocycles. The Labute approximate surface area is 116 Å². The molecule has 2 rings (SSSR count). The normalized spacial score (nSPS) is 11.7. The summed E-state index contributed by atoms with van der Waals surface area (Å²) in [6, 6.07) is 6.54. The van der Waals surface area contributed by atoms with Gasteiger partial charge in [0, 0.05) is 10.5 Å². The molecule has 20 heavy (non-hydrogen) atoms. The van der Waals surface area contributed by atoms with Crippen LogP contribution in [0.25, 0.3) is 0 Å². The monoisotopic (exact) mass is 298 g/mol. The maximum absolute atomic E-state index is 13.6. The molecule has 0 aromatic heterocycles. The quantitative estimate of drug-likeness (QED) is 0.395.